The van der Waals surface area contributed by atoms with Crippen molar-refractivity contribution in [3.05, 3.63) is 35.9 Å². The number of carbonyl (C=O) groups excluding carboxylic acids is 4. The summed E-state index contributed by atoms with van der Waals surface area (Å²) in [5, 5.41) is 12.6. The molecule has 1 saturated heterocycles. The SMILES string of the molecule is CC[C@H](C)[C@@H]([C@@H](CC(=O)N1CCC[C@H]1[C@H](OC)[C@@H](C)C(=O)N[C@@H](Cc1ccccc1)C(=O)O)OC)N(C)C(=O)[C@@H](CC(=O)[C@H](C(C)C)N(C)C)C(C)C. The molecule has 1 aliphatic heterocycles. The summed E-state index contributed by atoms with van der Waals surface area (Å²) in [6.45, 7) is 14.2. The zero-order chi connectivity index (χ0) is 40.2. The number of methoxy groups -OCH3 is 2. The maximum Gasteiger partial charge on any atom is 0.326 e. The second-order valence-electron chi connectivity index (χ2n) is 15.9. The highest BCUT2D eigenvalue weighted by Gasteiger charge is 2.43. The number of benzene rings is 1. The average molecular weight is 745 g/mol. The predicted octanol–water partition coefficient (Wildman–Crippen LogP) is 4.54. The number of ketones is 1. The van der Waals surface area contributed by atoms with Gasteiger partial charge in [-0.15, -0.1) is 0 Å². The standard InChI is InChI=1S/C41H68N4O8/c1-13-27(6)37(44(10)40(49)30(25(2)3)23-33(46)36(26(4)5)43(8)9)34(52-11)24-35(47)45-21-17-20-32(45)38(53-12)28(7)39(48)42-31(41(50)51)22-29-18-15-14-16-19-29/h14-16,18-19,25-28,30-32,34,36-38H,13,17,20-24H2,1-12H3,(H,42,48)(H,50,51)/t27-,28+,30-,31-,32-,34+,36-,37-,38+/m0/s1. The summed E-state index contributed by atoms with van der Waals surface area (Å²) in [5.74, 6) is -3.14. The monoisotopic (exact) mass is 745 g/mol. The van der Waals surface area contributed by atoms with Crippen LogP contribution in [0.25, 0.3) is 0 Å². The van der Waals surface area contributed by atoms with Crippen LogP contribution in [0.4, 0.5) is 0 Å². The summed E-state index contributed by atoms with van der Waals surface area (Å²) in [5.41, 5.74) is 0.789. The van der Waals surface area contributed by atoms with E-state index in [1.165, 1.54) is 7.11 Å². The molecular formula is C41H68N4O8. The first-order valence-corrected chi connectivity index (χ1v) is 19.3. The molecule has 2 N–H and O–H groups in total. The summed E-state index contributed by atoms with van der Waals surface area (Å²) >= 11 is 0. The molecule has 3 amide bonds. The van der Waals surface area contributed by atoms with Gasteiger partial charge in [0.25, 0.3) is 0 Å². The lowest BCUT2D eigenvalue weighted by atomic mass is 9.83. The number of hydrogen-bond acceptors (Lipinski definition) is 8. The highest BCUT2D eigenvalue weighted by atomic mass is 16.5. The minimum absolute atomic E-state index is 0.0101. The van der Waals surface area contributed by atoms with E-state index in [1.54, 1.807) is 30.9 Å². The van der Waals surface area contributed by atoms with Crippen molar-refractivity contribution >= 4 is 29.5 Å². The number of aliphatic carboxylic acids is 1. The Morgan fingerprint density at radius 3 is 2.04 bits per heavy atom. The fourth-order valence-electron chi connectivity index (χ4n) is 8.12. The molecule has 1 aromatic rings. The van der Waals surface area contributed by atoms with Gasteiger partial charge in [0.1, 0.15) is 6.04 Å². The van der Waals surface area contributed by atoms with E-state index in [0.717, 1.165) is 18.4 Å². The molecule has 0 saturated carbocycles. The van der Waals surface area contributed by atoms with E-state index >= 15 is 0 Å². The molecule has 300 valence electrons. The summed E-state index contributed by atoms with van der Waals surface area (Å²) in [6, 6.07) is 6.85. The van der Waals surface area contributed by atoms with Gasteiger partial charge >= 0.3 is 5.97 Å². The molecule has 1 aromatic carbocycles. The van der Waals surface area contributed by atoms with Gasteiger partial charge in [0.2, 0.25) is 17.7 Å². The fourth-order valence-corrected chi connectivity index (χ4v) is 8.12. The van der Waals surface area contributed by atoms with Crippen molar-refractivity contribution in [3.8, 4) is 0 Å². The number of carbonyl (C=O) groups is 5. The van der Waals surface area contributed by atoms with E-state index in [0.29, 0.717) is 13.0 Å². The third-order valence-corrected chi connectivity index (χ3v) is 11.2. The van der Waals surface area contributed by atoms with E-state index in [2.05, 4.69) is 5.32 Å². The van der Waals surface area contributed by atoms with Crippen LogP contribution in [0.2, 0.25) is 0 Å². The number of Topliss-reactive ketones (excluding diaryl/α,β-unsaturated/α-hetero) is 1. The smallest absolute Gasteiger partial charge is 0.326 e. The molecule has 12 heteroatoms. The Bertz CT molecular complexity index is 1330. The van der Waals surface area contributed by atoms with Gasteiger partial charge in [-0.1, -0.05) is 85.2 Å². The van der Waals surface area contributed by atoms with Gasteiger partial charge in [-0.3, -0.25) is 24.1 Å². The molecule has 1 fully saturated rings. The molecular weight excluding hydrogens is 676 g/mol. The van der Waals surface area contributed by atoms with Gasteiger partial charge in [-0.25, -0.2) is 4.79 Å². The second-order valence-corrected chi connectivity index (χ2v) is 15.9. The second kappa shape index (κ2) is 21.5. The molecule has 2 rings (SSSR count). The van der Waals surface area contributed by atoms with Gasteiger partial charge in [0.05, 0.1) is 42.7 Å². The first-order valence-electron chi connectivity index (χ1n) is 19.3. The number of nitrogens with one attached hydrogen (secondary N) is 1. The summed E-state index contributed by atoms with van der Waals surface area (Å²) in [6.07, 6.45) is 1.05. The molecule has 1 heterocycles. The largest absolute Gasteiger partial charge is 0.480 e. The quantitative estimate of drug-likeness (QED) is 0.175. The Balaban J connectivity index is 2.27. The predicted molar refractivity (Wildman–Crippen MR) is 206 cm³/mol. The molecule has 12 nitrogen and oxygen atoms in total. The van der Waals surface area contributed by atoms with Gasteiger partial charge < -0.3 is 29.7 Å². The Morgan fingerprint density at radius 1 is 0.925 bits per heavy atom. The number of amides is 3. The number of rotatable bonds is 22. The van der Waals surface area contributed by atoms with Crippen molar-refractivity contribution in [1.29, 1.82) is 0 Å². The molecule has 9 atom stereocenters. The molecule has 1 aliphatic rings. The number of hydrogen-bond donors (Lipinski definition) is 2. The van der Waals surface area contributed by atoms with Crippen LogP contribution in [0.5, 0.6) is 0 Å². The van der Waals surface area contributed by atoms with E-state index in [9.17, 15) is 29.1 Å². The highest BCUT2D eigenvalue weighted by molar-refractivity contribution is 5.90. The molecule has 0 unspecified atom stereocenters. The highest BCUT2D eigenvalue weighted by Crippen LogP contribution is 2.31. The normalized spacial score (nSPS) is 19.3. The Morgan fingerprint density at radius 2 is 1.55 bits per heavy atom. The third-order valence-electron chi connectivity index (χ3n) is 11.2. The first-order chi connectivity index (χ1) is 24.9. The maximum absolute atomic E-state index is 14.3. The maximum atomic E-state index is 14.3. The Hall–Kier alpha value is -3.35. The minimum Gasteiger partial charge on any atom is -0.480 e. The lowest BCUT2D eigenvalue weighted by molar-refractivity contribution is -0.149. The molecule has 0 bridgehead atoms. The van der Waals surface area contributed by atoms with Crippen LogP contribution < -0.4 is 5.32 Å². The van der Waals surface area contributed by atoms with Crippen LogP contribution in [-0.4, -0.2) is 128 Å². The van der Waals surface area contributed by atoms with E-state index in [-0.39, 0.29) is 60.7 Å². The van der Waals surface area contributed by atoms with Crippen LogP contribution >= 0.6 is 0 Å². The van der Waals surface area contributed by atoms with Crippen LogP contribution in [0, 0.1) is 29.6 Å². The number of likely N-dealkylation sites (tertiary alicyclic amines) is 1. The van der Waals surface area contributed by atoms with Crippen molar-refractivity contribution in [2.45, 2.75) is 123 Å². The Kier molecular flexibility index (Phi) is 18.6. The minimum atomic E-state index is -1.13. The summed E-state index contributed by atoms with van der Waals surface area (Å²) in [4.78, 5) is 72.9. The summed E-state index contributed by atoms with van der Waals surface area (Å²) < 4.78 is 11.9. The van der Waals surface area contributed by atoms with Crippen molar-refractivity contribution in [1.82, 2.24) is 20.0 Å². The number of carboxylic acid groups (broad SMARTS) is 1. The van der Waals surface area contributed by atoms with Crippen molar-refractivity contribution < 1.29 is 38.6 Å². The first kappa shape index (κ1) is 45.8. The van der Waals surface area contributed by atoms with Gasteiger partial charge in [-0.2, -0.15) is 0 Å². The zero-order valence-electron chi connectivity index (χ0n) is 34.3. The van der Waals surface area contributed by atoms with Crippen LogP contribution in [0.15, 0.2) is 30.3 Å². The van der Waals surface area contributed by atoms with Crippen LogP contribution in [-0.2, 0) is 39.9 Å². The third kappa shape index (κ3) is 12.3. The molecule has 0 spiro atoms. The van der Waals surface area contributed by atoms with Crippen molar-refractivity contribution in [3.63, 3.8) is 0 Å². The van der Waals surface area contributed by atoms with Gasteiger partial charge in [-0.05, 0) is 50.3 Å². The molecule has 0 aromatic heterocycles. The fraction of sp³-hybridized carbons (Fsp3) is 0.732. The van der Waals surface area contributed by atoms with Crippen molar-refractivity contribution in [2.24, 2.45) is 29.6 Å². The number of carboxylic acids is 1. The average Bonchev–Trinajstić information content (AvgIpc) is 3.59. The Labute approximate surface area is 318 Å². The zero-order valence-corrected chi connectivity index (χ0v) is 34.3. The van der Waals surface area contributed by atoms with Gasteiger partial charge in [0.15, 0.2) is 5.78 Å². The van der Waals surface area contributed by atoms with E-state index in [4.69, 9.17) is 9.47 Å². The molecule has 0 radical (unpaired) electrons. The lowest BCUT2D eigenvalue weighted by Crippen LogP contribution is -2.55. The molecule has 0 aliphatic carbocycles. The topological polar surface area (TPSA) is 146 Å². The van der Waals surface area contributed by atoms with Crippen LogP contribution in [0.1, 0.15) is 86.1 Å². The van der Waals surface area contributed by atoms with E-state index in [1.807, 2.05) is 90.9 Å². The van der Waals surface area contributed by atoms with E-state index < -0.39 is 54.0 Å². The van der Waals surface area contributed by atoms with Crippen LogP contribution in [0.3, 0.4) is 0 Å². The number of likely N-dealkylation sites (N-methyl/N-ethyl adjacent to an activating group) is 2. The number of nitrogens with zero attached hydrogens (tertiary/aromatic N) is 3. The number of ether oxygens (including phenoxy) is 2. The summed E-state index contributed by atoms with van der Waals surface area (Å²) in [7, 11) is 8.58. The lowest BCUT2D eigenvalue weighted by Gasteiger charge is -2.41. The van der Waals surface area contributed by atoms with Gasteiger partial charge in [0, 0.05) is 46.6 Å². The molecule has 53 heavy (non-hydrogen) atoms. The van der Waals surface area contributed by atoms with Crippen molar-refractivity contribution in [2.75, 3.05) is 41.9 Å².